The van der Waals surface area contributed by atoms with E-state index in [4.69, 9.17) is 5.73 Å². The fourth-order valence-electron chi connectivity index (χ4n) is 1.74. The molecule has 0 saturated heterocycles. The maximum Gasteiger partial charge on any atom is 0.255 e. The van der Waals surface area contributed by atoms with Gasteiger partial charge < -0.3 is 10.6 Å². The molecule has 0 heterocycles. The van der Waals surface area contributed by atoms with Crippen LogP contribution in [-0.2, 0) is 0 Å². The molecule has 1 amide bonds. The van der Waals surface area contributed by atoms with Crippen molar-refractivity contribution in [3.05, 3.63) is 35.4 Å². The summed E-state index contributed by atoms with van der Waals surface area (Å²) in [7, 11) is 1.85. The second-order valence-corrected chi connectivity index (χ2v) is 4.20. The van der Waals surface area contributed by atoms with E-state index < -0.39 is 0 Å². The molecule has 0 unspecified atom stereocenters. The Balaban J connectivity index is 2.27. The van der Waals surface area contributed by atoms with Crippen LogP contribution < -0.4 is 5.73 Å². The van der Waals surface area contributed by atoms with Crippen LogP contribution in [0.2, 0.25) is 0 Å². The van der Waals surface area contributed by atoms with Gasteiger partial charge in [-0.15, -0.1) is 0 Å². The minimum absolute atomic E-state index is 0.0504. The van der Waals surface area contributed by atoms with Crippen molar-refractivity contribution in [2.24, 2.45) is 5.73 Å². The molecular formula is C14H16N2O. The highest BCUT2D eigenvalue weighted by Gasteiger charge is 2.30. The van der Waals surface area contributed by atoms with Crippen LogP contribution in [0.15, 0.2) is 24.3 Å². The third kappa shape index (κ3) is 2.66. The van der Waals surface area contributed by atoms with Crippen molar-refractivity contribution >= 4 is 5.91 Å². The van der Waals surface area contributed by atoms with Gasteiger partial charge in [0, 0.05) is 18.7 Å². The van der Waals surface area contributed by atoms with Crippen LogP contribution in [0, 0.1) is 11.8 Å². The lowest BCUT2D eigenvalue weighted by Crippen LogP contribution is -2.29. The van der Waals surface area contributed by atoms with Crippen LogP contribution in [0.3, 0.4) is 0 Å². The molecule has 3 nitrogen and oxygen atoms in total. The lowest BCUT2D eigenvalue weighted by molar-refractivity contribution is 0.0785. The zero-order chi connectivity index (χ0) is 12.3. The minimum Gasteiger partial charge on any atom is -0.339 e. The molecule has 0 radical (unpaired) electrons. The summed E-state index contributed by atoms with van der Waals surface area (Å²) in [6.07, 6.45) is 2.22. The predicted molar refractivity (Wildman–Crippen MR) is 67.5 cm³/mol. The molecular weight excluding hydrogens is 212 g/mol. The summed E-state index contributed by atoms with van der Waals surface area (Å²) in [5, 5.41) is 0. The Morgan fingerprint density at radius 3 is 2.82 bits per heavy atom. The van der Waals surface area contributed by atoms with E-state index in [9.17, 15) is 4.79 Å². The van der Waals surface area contributed by atoms with Crippen molar-refractivity contribution < 1.29 is 4.79 Å². The van der Waals surface area contributed by atoms with Gasteiger partial charge in [-0.1, -0.05) is 24.0 Å². The zero-order valence-corrected chi connectivity index (χ0v) is 9.94. The summed E-state index contributed by atoms with van der Waals surface area (Å²) < 4.78 is 0. The van der Waals surface area contributed by atoms with E-state index in [-0.39, 0.29) is 5.91 Å². The molecule has 0 aromatic heterocycles. The van der Waals surface area contributed by atoms with Gasteiger partial charge in [0.25, 0.3) is 5.91 Å². The Labute approximate surface area is 102 Å². The van der Waals surface area contributed by atoms with Gasteiger partial charge >= 0.3 is 0 Å². The summed E-state index contributed by atoms with van der Waals surface area (Å²) in [4.78, 5) is 14.0. The Hall–Kier alpha value is -1.79. The monoisotopic (exact) mass is 228 g/mol. The molecule has 17 heavy (non-hydrogen) atoms. The second kappa shape index (κ2) is 5.03. The largest absolute Gasteiger partial charge is 0.339 e. The normalized spacial score (nSPS) is 13.8. The molecule has 1 aromatic rings. The summed E-state index contributed by atoms with van der Waals surface area (Å²) in [6, 6.07) is 7.84. The molecule has 1 aliphatic rings. The standard InChI is InChI=1S/C14H16N2O/c1-16(12-8-9-12)14(17)13-7-3-2-5-11(13)6-4-10-15/h2-3,5,7,12H,8-10,15H2,1H3. The predicted octanol–water partition coefficient (Wildman–Crippen LogP) is 1.23. The fraction of sp³-hybridized carbons (Fsp3) is 0.357. The van der Waals surface area contributed by atoms with Crippen LogP contribution in [-0.4, -0.2) is 30.4 Å². The van der Waals surface area contributed by atoms with Gasteiger partial charge in [0.15, 0.2) is 0 Å². The zero-order valence-electron chi connectivity index (χ0n) is 9.94. The summed E-state index contributed by atoms with van der Waals surface area (Å²) >= 11 is 0. The molecule has 0 bridgehead atoms. The molecule has 1 aromatic carbocycles. The maximum absolute atomic E-state index is 12.2. The van der Waals surface area contributed by atoms with E-state index in [0.717, 1.165) is 18.4 Å². The van der Waals surface area contributed by atoms with Gasteiger partial charge in [0.05, 0.1) is 12.1 Å². The number of carbonyl (C=O) groups is 1. The summed E-state index contributed by atoms with van der Waals surface area (Å²) in [5.41, 5.74) is 6.78. The second-order valence-electron chi connectivity index (χ2n) is 4.20. The van der Waals surface area contributed by atoms with Crippen LogP contribution in [0.25, 0.3) is 0 Å². The van der Waals surface area contributed by atoms with Crippen LogP contribution >= 0.6 is 0 Å². The Morgan fingerprint density at radius 2 is 2.18 bits per heavy atom. The van der Waals surface area contributed by atoms with Crippen LogP contribution in [0.4, 0.5) is 0 Å². The molecule has 2 N–H and O–H groups in total. The van der Waals surface area contributed by atoms with E-state index in [1.165, 1.54) is 0 Å². The van der Waals surface area contributed by atoms with Gasteiger partial charge in [-0.25, -0.2) is 0 Å². The lowest BCUT2D eigenvalue weighted by atomic mass is 10.1. The molecule has 1 aliphatic carbocycles. The minimum atomic E-state index is 0.0504. The van der Waals surface area contributed by atoms with Gasteiger partial charge in [0.2, 0.25) is 0 Å². The van der Waals surface area contributed by atoms with E-state index in [0.29, 0.717) is 18.2 Å². The number of amides is 1. The third-order valence-electron chi connectivity index (χ3n) is 2.90. The van der Waals surface area contributed by atoms with Gasteiger partial charge in [0.1, 0.15) is 0 Å². The van der Waals surface area contributed by atoms with Gasteiger partial charge in [-0.3, -0.25) is 4.79 Å². The van der Waals surface area contributed by atoms with E-state index in [1.807, 2.05) is 36.2 Å². The molecule has 1 fully saturated rings. The maximum atomic E-state index is 12.2. The number of hydrogen-bond acceptors (Lipinski definition) is 2. The van der Waals surface area contributed by atoms with E-state index in [1.54, 1.807) is 0 Å². The molecule has 88 valence electrons. The quantitative estimate of drug-likeness (QED) is 0.774. The SMILES string of the molecule is CN(C(=O)c1ccccc1C#CCN)C1CC1. The van der Waals surface area contributed by atoms with Crippen LogP contribution in [0.5, 0.6) is 0 Å². The highest BCUT2D eigenvalue weighted by molar-refractivity contribution is 5.96. The van der Waals surface area contributed by atoms with Crippen molar-refractivity contribution in [3.63, 3.8) is 0 Å². The molecule has 3 heteroatoms. The summed E-state index contributed by atoms with van der Waals surface area (Å²) in [6.45, 7) is 0.307. The van der Waals surface area contributed by atoms with Crippen LogP contribution in [0.1, 0.15) is 28.8 Å². The first-order valence-corrected chi connectivity index (χ1v) is 5.79. The van der Waals surface area contributed by atoms with Crippen molar-refractivity contribution in [1.29, 1.82) is 0 Å². The van der Waals surface area contributed by atoms with Crippen molar-refractivity contribution in [2.45, 2.75) is 18.9 Å². The van der Waals surface area contributed by atoms with Crippen molar-refractivity contribution in [1.82, 2.24) is 4.90 Å². The number of carbonyl (C=O) groups excluding carboxylic acids is 1. The molecule has 0 atom stereocenters. The topological polar surface area (TPSA) is 46.3 Å². The van der Waals surface area contributed by atoms with Crippen molar-refractivity contribution in [3.8, 4) is 11.8 Å². The number of nitrogens with two attached hydrogens (primary N) is 1. The smallest absolute Gasteiger partial charge is 0.255 e. The molecule has 2 rings (SSSR count). The first kappa shape index (κ1) is 11.7. The molecule has 0 aliphatic heterocycles. The number of rotatable bonds is 2. The average molecular weight is 228 g/mol. The lowest BCUT2D eigenvalue weighted by Gasteiger charge is -2.17. The average Bonchev–Trinajstić information content (AvgIpc) is 3.19. The molecule has 1 saturated carbocycles. The Kier molecular flexibility index (Phi) is 3.46. The Bertz CT molecular complexity index is 480. The highest BCUT2D eigenvalue weighted by Crippen LogP contribution is 2.27. The van der Waals surface area contributed by atoms with Gasteiger partial charge in [-0.2, -0.15) is 0 Å². The fourth-order valence-corrected chi connectivity index (χ4v) is 1.74. The number of benzene rings is 1. The molecule has 0 spiro atoms. The number of hydrogen-bond donors (Lipinski definition) is 1. The summed E-state index contributed by atoms with van der Waals surface area (Å²) in [5.74, 6) is 5.79. The highest BCUT2D eigenvalue weighted by atomic mass is 16.2. The first-order chi connectivity index (χ1) is 8.24. The first-order valence-electron chi connectivity index (χ1n) is 5.79. The van der Waals surface area contributed by atoms with Crippen molar-refractivity contribution in [2.75, 3.05) is 13.6 Å². The van der Waals surface area contributed by atoms with Gasteiger partial charge in [-0.05, 0) is 25.0 Å². The Morgan fingerprint density at radius 1 is 1.47 bits per heavy atom. The van der Waals surface area contributed by atoms with E-state index >= 15 is 0 Å². The third-order valence-corrected chi connectivity index (χ3v) is 2.90. The number of nitrogens with zero attached hydrogens (tertiary/aromatic N) is 1. The van der Waals surface area contributed by atoms with E-state index in [2.05, 4.69) is 11.8 Å².